The zero-order chi connectivity index (χ0) is 10.7. The van der Waals surface area contributed by atoms with Crippen LogP contribution in [-0.4, -0.2) is 25.3 Å². The lowest BCUT2D eigenvalue weighted by Gasteiger charge is -2.11. The standard InChI is InChI=1S/C9H16N2OS2/c1-4-8-5-10-9(13)11(8)6-7(2)14(3)12/h5,7H,4,6H2,1-3H3,(H,10,13). The highest BCUT2D eigenvalue weighted by atomic mass is 32.2. The second-order valence-corrected chi connectivity index (χ2v) is 5.55. The van der Waals surface area contributed by atoms with Crippen LogP contribution in [0.5, 0.6) is 0 Å². The Labute approximate surface area is 92.0 Å². The van der Waals surface area contributed by atoms with Gasteiger partial charge in [-0.15, -0.1) is 0 Å². The second kappa shape index (κ2) is 4.89. The first kappa shape index (κ1) is 11.7. The molecule has 2 atom stereocenters. The predicted molar refractivity (Wildman–Crippen MR) is 62.5 cm³/mol. The Morgan fingerprint density at radius 2 is 2.36 bits per heavy atom. The van der Waals surface area contributed by atoms with E-state index >= 15 is 0 Å². The maximum atomic E-state index is 11.2. The van der Waals surface area contributed by atoms with Crippen LogP contribution in [-0.2, 0) is 23.8 Å². The van der Waals surface area contributed by atoms with Crippen LogP contribution in [0.2, 0.25) is 0 Å². The maximum Gasteiger partial charge on any atom is 0.177 e. The summed E-state index contributed by atoms with van der Waals surface area (Å²) in [6, 6.07) is 0. The highest BCUT2D eigenvalue weighted by Gasteiger charge is 2.10. The zero-order valence-corrected chi connectivity index (χ0v) is 10.4. The smallest absolute Gasteiger partial charge is 0.177 e. The molecular weight excluding hydrogens is 216 g/mol. The van der Waals surface area contributed by atoms with Gasteiger partial charge in [0.05, 0.1) is 0 Å². The van der Waals surface area contributed by atoms with Gasteiger partial charge in [0.25, 0.3) is 0 Å². The molecule has 1 heterocycles. The lowest BCUT2D eigenvalue weighted by molar-refractivity contribution is 0.624. The van der Waals surface area contributed by atoms with Crippen molar-refractivity contribution in [3.05, 3.63) is 16.7 Å². The first-order valence-electron chi connectivity index (χ1n) is 4.65. The summed E-state index contributed by atoms with van der Waals surface area (Å²) in [5.41, 5.74) is 1.17. The fourth-order valence-corrected chi connectivity index (χ4v) is 1.90. The first-order valence-corrected chi connectivity index (χ1v) is 6.68. The third-order valence-electron chi connectivity index (χ3n) is 2.32. The minimum absolute atomic E-state index is 0.141. The molecule has 0 aromatic carbocycles. The largest absolute Gasteiger partial charge is 0.337 e. The van der Waals surface area contributed by atoms with Crippen molar-refractivity contribution >= 4 is 23.0 Å². The summed E-state index contributed by atoms with van der Waals surface area (Å²) in [4.78, 5) is 3.01. The van der Waals surface area contributed by atoms with Gasteiger partial charge in [-0.25, -0.2) is 0 Å². The van der Waals surface area contributed by atoms with Crippen LogP contribution in [0.15, 0.2) is 6.20 Å². The monoisotopic (exact) mass is 232 g/mol. The van der Waals surface area contributed by atoms with Gasteiger partial charge in [0.1, 0.15) is 0 Å². The summed E-state index contributed by atoms with van der Waals surface area (Å²) < 4.78 is 14.0. The second-order valence-electron chi connectivity index (χ2n) is 3.36. The lowest BCUT2D eigenvalue weighted by atomic mass is 10.3. The summed E-state index contributed by atoms with van der Waals surface area (Å²) in [5.74, 6) is 0. The van der Waals surface area contributed by atoms with Gasteiger partial charge in [0.2, 0.25) is 0 Å². The number of aromatic nitrogens is 2. The van der Waals surface area contributed by atoms with Gasteiger partial charge in [-0.2, -0.15) is 0 Å². The van der Waals surface area contributed by atoms with Crippen molar-refractivity contribution in [3.63, 3.8) is 0 Å². The molecule has 0 fully saturated rings. The van der Waals surface area contributed by atoms with E-state index in [-0.39, 0.29) is 5.25 Å². The fourth-order valence-electron chi connectivity index (χ4n) is 1.29. The van der Waals surface area contributed by atoms with Crippen molar-refractivity contribution in [2.24, 2.45) is 0 Å². The molecule has 0 amide bonds. The fraction of sp³-hybridized carbons (Fsp3) is 0.667. The number of aryl methyl sites for hydroxylation is 1. The molecule has 0 radical (unpaired) electrons. The molecule has 1 N–H and O–H groups in total. The summed E-state index contributed by atoms with van der Waals surface area (Å²) in [7, 11) is -0.794. The molecule has 0 aliphatic heterocycles. The van der Waals surface area contributed by atoms with Gasteiger partial charge in [0, 0.05) is 40.7 Å². The first-order chi connectivity index (χ1) is 6.56. The number of H-pyrrole nitrogens is 1. The summed E-state index contributed by atoms with van der Waals surface area (Å²) in [6.07, 6.45) is 4.59. The van der Waals surface area contributed by atoms with E-state index in [1.165, 1.54) is 5.69 Å². The number of nitrogens with one attached hydrogen (secondary N) is 1. The van der Waals surface area contributed by atoms with Gasteiger partial charge in [-0.05, 0) is 25.6 Å². The van der Waals surface area contributed by atoms with E-state index in [4.69, 9.17) is 12.2 Å². The quantitative estimate of drug-likeness (QED) is 0.805. The molecule has 0 saturated heterocycles. The maximum absolute atomic E-state index is 11.2. The van der Waals surface area contributed by atoms with Crippen molar-refractivity contribution in [2.45, 2.75) is 32.1 Å². The molecule has 14 heavy (non-hydrogen) atoms. The van der Waals surface area contributed by atoms with E-state index in [0.29, 0.717) is 0 Å². The van der Waals surface area contributed by atoms with Crippen molar-refractivity contribution < 1.29 is 4.21 Å². The predicted octanol–water partition coefficient (Wildman–Crippen LogP) is 1.88. The molecule has 0 bridgehead atoms. The number of hydrogen-bond acceptors (Lipinski definition) is 2. The van der Waals surface area contributed by atoms with E-state index in [1.807, 2.05) is 17.7 Å². The molecular formula is C9H16N2OS2. The molecule has 1 aromatic heterocycles. The summed E-state index contributed by atoms with van der Waals surface area (Å²) >= 11 is 5.15. The van der Waals surface area contributed by atoms with E-state index in [2.05, 4.69) is 11.9 Å². The van der Waals surface area contributed by atoms with Gasteiger partial charge < -0.3 is 9.55 Å². The Balaban J connectivity index is 2.90. The number of imidazole rings is 1. The molecule has 5 heteroatoms. The number of aromatic amines is 1. The van der Waals surface area contributed by atoms with E-state index in [1.54, 1.807) is 6.26 Å². The molecule has 1 rings (SSSR count). The normalized spacial score (nSPS) is 15.4. The van der Waals surface area contributed by atoms with Crippen LogP contribution in [0.1, 0.15) is 19.5 Å². The number of rotatable bonds is 4. The van der Waals surface area contributed by atoms with Crippen LogP contribution in [0.3, 0.4) is 0 Å². The molecule has 3 nitrogen and oxygen atoms in total. The SMILES string of the molecule is CCc1c[nH]c(=S)n1CC(C)S(C)=O. The Morgan fingerprint density at radius 3 is 2.86 bits per heavy atom. The molecule has 2 unspecified atom stereocenters. The topological polar surface area (TPSA) is 37.8 Å². The van der Waals surface area contributed by atoms with Crippen LogP contribution in [0.25, 0.3) is 0 Å². The lowest BCUT2D eigenvalue weighted by Crippen LogP contribution is -2.18. The van der Waals surface area contributed by atoms with Crippen LogP contribution < -0.4 is 0 Å². The zero-order valence-electron chi connectivity index (χ0n) is 8.74. The molecule has 0 aliphatic carbocycles. The van der Waals surface area contributed by atoms with E-state index < -0.39 is 10.8 Å². The Bertz CT molecular complexity index is 380. The Morgan fingerprint density at radius 1 is 1.71 bits per heavy atom. The van der Waals surface area contributed by atoms with Crippen molar-refractivity contribution in [1.29, 1.82) is 0 Å². The molecule has 1 aromatic rings. The summed E-state index contributed by atoms with van der Waals surface area (Å²) in [5, 5.41) is 0.141. The molecule has 0 spiro atoms. The third kappa shape index (κ3) is 2.54. The van der Waals surface area contributed by atoms with E-state index in [0.717, 1.165) is 17.7 Å². The minimum Gasteiger partial charge on any atom is -0.337 e. The van der Waals surface area contributed by atoms with Gasteiger partial charge in [-0.3, -0.25) is 4.21 Å². The van der Waals surface area contributed by atoms with Gasteiger partial charge in [-0.1, -0.05) is 6.92 Å². The van der Waals surface area contributed by atoms with Gasteiger partial charge in [0.15, 0.2) is 4.77 Å². The average Bonchev–Trinajstić information content (AvgIpc) is 2.47. The average molecular weight is 232 g/mol. The molecule has 0 aliphatic rings. The highest BCUT2D eigenvalue weighted by molar-refractivity contribution is 7.84. The third-order valence-corrected chi connectivity index (χ3v) is 3.94. The van der Waals surface area contributed by atoms with Gasteiger partial charge >= 0.3 is 0 Å². The molecule has 80 valence electrons. The minimum atomic E-state index is -0.794. The number of nitrogens with zero attached hydrogens (tertiary/aromatic N) is 1. The van der Waals surface area contributed by atoms with Crippen molar-refractivity contribution in [1.82, 2.24) is 9.55 Å². The highest BCUT2D eigenvalue weighted by Crippen LogP contribution is 2.06. The molecule has 0 saturated carbocycles. The number of hydrogen-bond donors (Lipinski definition) is 1. The van der Waals surface area contributed by atoms with Crippen LogP contribution in [0, 0.1) is 4.77 Å². The van der Waals surface area contributed by atoms with Crippen LogP contribution >= 0.6 is 12.2 Å². The van der Waals surface area contributed by atoms with E-state index in [9.17, 15) is 4.21 Å². The van der Waals surface area contributed by atoms with Crippen molar-refractivity contribution in [3.8, 4) is 0 Å². The van der Waals surface area contributed by atoms with Crippen LogP contribution in [0.4, 0.5) is 0 Å². The Hall–Kier alpha value is -0.420. The van der Waals surface area contributed by atoms with Crippen molar-refractivity contribution in [2.75, 3.05) is 6.26 Å². The Kier molecular flexibility index (Phi) is 4.07. The summed E-state index contributed by atoms with van der Waals surface area (Å²) in [6.45, 7) is 4.79.